The van der Waals surface area contributed by atoms with Gasteiger partial charge in [0.25, 0.3) is 0 Å². The Morgan fingerprint density at radius 3 is 2.17 bits per heavy atom. The molecular formula is C18H31N3O3. The van der Waals surface area contributed by atoms with Gasteiger partial charge in [-0.15, -0.1) is 0 Å². The van der Waals surface area contributed by atoms with Crippen molar-refractivity contribution in [2.24, 2.45) is 5.92 Å². The van der Waals surface area contributed by atoms with E-state index in [1.165, 1.54) is 0 Å². The fourth-order valence-electron chi connectivity index (χ4n) is 2.69. The third-order valence-electron chi connectivity index (χ3n) is 4.62. The van der Waals surface area contributed by atoms with Crippen LogP contribution in [0.25, 0.3) is 0 Å². The zero-order valence-electron chi connectivity index (χ0n) is 15.8. The Balaban J connectivity index is 2.72. The highest BCUT2D eigenvalue weighted by molar-refractivity contribution is 5.84. The minimum Gasteiger partial charge on any atom is -0.459 e. The van der Waals surface area contributed by atoms with E-state index in [-0.39, 0.29) is 24.3 Å². The maximum atomic E-state index is 12.6. The Labute approximate surface area is 145 Å². The minimum atomic E-state index is -0.923. The number of nitrogens with one attached hydrogen (secondary N) is 2. The molecule has 6 nitrogen and oxygen atoms in total. The summed E-state index contributed by atoms with van der Waals surface area (Å²) in [6.07, 6.45) is 3.18. The maximum absolute atomic E-state index is 12.6. The van der Waals surface area contributed by atoms with Crippen molar-refractivity contribution in [1.82, 2.24) is 10.6 Å². The first-order chi connectivity index (χ1) is 10.9. The summed E-state index contributed by atoms with van der Waals surface area (Å²) in [6, 6.07) is 2.15. The molecule has 1 saturated carbocycles. The van der Waals surface area contributed by atoms with Crippen LogP contribution in [0.2, 0.25) is 0 Å². The molecule has 1 aliphatic rings. The van der Waals surface area contributed by atoms with E-state index in [0.29, 0.717) is 12.8 Å². The molecule has 0 aromatic heterocycles. The van der Waals surface area contributed by atoms with E-state index in [2.05, 4.69) is 16.7 Å². The minimum absolute atomic E-state index is 0.0107. The summed E-state index contributed by atoms with van der Waals surface area (Å²) in [4.78, 5) is 24.8. The molecule has 1 fully saturated rings. The first kappa shape index (κ1) is 20.4. The van der Waals surface area contributed by atoms with Gasteiger partial charge in [-0.2, -0.15) is 5.26 Å². The van der Waals surface area contributed by atoms with Gasteiger partial charge in [0.1, 0.15) is 16.7 Å². The van der Waals surface area contributed by atoms with Crippen LogP contribution in [0.1, 0.15) is 67.2 Å². The third kappa shape index (κ3) is 5.20. The average Bonchev–Trinajstić information content (AvgIpc) is 2.93. The molecule has 0 saturated heterocycles. The highest BCUT2D eigenvalue weighted by atomic mass is 16.6. The number of nitriles is 1. The van der Waals surface area contributed by atoms with E-state index < -0.39 is 16.7 Å². The Kier molecular flexibility index (Phi) is 6.40. The number of amides is 1. The van der Waals surface area contributed by atoms with Gasteiger partial charge in [0.15, 0.2) is 0 Å². The summed E-state index contributed by atoms with van der Waals surface area (Å²) in [7, 11) is 0. The average molecular weight is 337 g/mol. The smallest absolute Gasteiger partial charge is 0.326 e. The second-order valence-electron chi connectivity index (χ2n) is 8.16. The van der Waals surface area contributed by atoms with Crippen LogP contribution in [0, 0.1) is 17.2 Å². The van der Waals surface area contributed by atoms with Crippen LogP contribution in [0.4, 0.5) is 0 Å². The molecule has 0 aromatic rings. The summed E-state index contributed by atoms with van der Waals surface area (Å²) in [5.74, 6) is -0.604. The zero-order valence-corrected chi connectivity index (χ0v) is 15.8. The van der Waals surface area contributed by atoms with E-state index in [1.54, 1.807) is 6.92 Å². The van der Waals surface area contributed by atoms with Crippen LogP contribution in [0.15, 0.2) is 0 Å². The highest BCUT2D eigenvalue weighted by Crippen LogP contribution is 2.32. The van der Waals surface area contributed by atoms with Gasteiger partial charge < -0.3 is 10.1 Å². The maximum Gasteiger partial charge on any atom is 0.326 e. The third-order valence-corrected chi connectivity index (χ3v) is 4.62. The number of carbonyl (C=O) groups is 2. The molecular weight excluding hydrogens is 306 g/mol. The second-order valence-corrected chi connectivity index (χ2v) is 8.16. The van der Waals surface area contributed by atoms with Gasteiger partial charge >= 0.3 is 5.97 Å². The summed E-state index contributed by atoms with van der Waals surface area (Å²) >= 11 is 0. The molecule has 0 radical (unpaired) electrons. The van der Waals surface area contributed by atoms with Crippen LogP contribution in [-0.2, 0) is 14.3 Å². The lowest BCUT2D eigenvalue weighted by Gasteiger charge is -2.33. The van der Waals surface area contributed by atoms with E-state index in [0.717, 1.165) is 12.8 Å². The molecule has 0 aliphatic heterocycles. The van der Waals surface area contributed by atoms with Crippen molar-refractivity contribution < 1.29 is 14.3 Å². The van der Waals surface area contributed by atoms with E-state index in [9.17, 15) is 14.9 Å². The lowest BCUT2D eigenvalue weighted by Crippen LogP contribution is -2.57. The lowest BCUT2D eigenvalue weighted by atomic mass is 9.90. The first-order valence-corrected chi connectivity index (χ1v) is 8.65. The summed E-state index contributed by atoms with van der Waals surface area (Å²) < 4.78 is 5.53. The van der Waals surface area contributed by atoms with Crippen LogP contribution in [0.3, 0.4) is 0 Å². The van der Waals surface area contributed by atoms with Crippen molar-refractivity contribution in [2.45, 2.75) is 83.9 Å². The molecule has 2 N–H and O–H groups in total. The summed E-state index contributed by atoms with van der Waals surface area (Å²) in [6.45, 7) is 11.0. The SMILES string of the molecule is CC(C)[C@](C)(C#N)NC(=O)CNC1(C(=O)OC(C)(C)C)CCCC1. The molecule has 1 rings (SSSR count). The predicted octanol–water partition coefficient (Wildman–Crippen LogP) is 2.28. The number of rotatable bonds is 6. The van der Waals surface area contributed by atoms with Crippen molar-refractivity contribution >= 4 is 11.9 Å². The molecule has 1 amide bonds. The van der Waals surface area contributed by atoms with Gasteiger partial charge in [-0.1, -0.05) is 26.7 Å². The standard InChI is InChI=1S/C18H31N3O3/c1-13(2)17(6,12-19)21-14(22)11-20-18(9-7-8-10-18)15(23)24-16(3,4)5/h13,20H,7-11H2,1-6H3,(H,21,22)/t17-/m0/s1. The first-order valence-electron chi connectivity index (χ1n) is 8.65. The van der Waals surface area contributed by atoms with Gasteiger partial charge in [0.05, 0.1) is 12.6 Å². The number of hydrogen-bond acceptors (Lipinski definition) is 5. The Morgan fingerprint density at radius 1 is 1.21 bits per heavy atom. The monoisotopic (exact) mass is 337 g/mol. The molecule has 0 aromatic carbocycles. The summed E-state index contributed by atoms with van der Waals surface area (Å²) in [5.41, 5.74) is -2.29. The fourth-order valence-corrected chi connectivity index (χ4v) is 2.69. The van der Waals surface area contributed by atoms with Crippen LogP contribution < -0.4 is 10.6 Å². The Bertz CT molecular complexity index is 511. The van der Waals surface area contributed by atoms with E-state index in [4.69, 9.17) is 4.74 Å². The lowest BCUT2D eigenvalue weighted by molar-refractivity contribution is -0.163. The zero-order chi connectivity index (χ0) is 18.6. The fraction of sp³-hybridized carbons (Fsp3) is 0.833. The molecule has 1 aliphatic carbocycles. The summed E-state index contributed by atoms with van der Waals surface area (Å²) in [5, 5.41) is 15.2. The van der Waals surface area contributed by atoms with Crippen molar-refractivity contribution in [2.75, 3.05) is 6.54 Å². The molecule has 0 bridgehead atoms. The van der Waals surface area contributed by atoms with E-state index in [1.807, 2.05) is 34.6 Å². The number of nitrogens with zero attached hydrogens (tertiary/aromatic N) is 1. The van der Waals surface area contributed by atoms with Crippen molar-refractivity contribution in [3.63, 3.8) is 0 Å². The normalized spacial score (nSPS) is 19.4. The molecule has 0 spiro atoms. The quantitative estimate of drug-likeness (QED) is 0.726. The predicted molar refractivity (Wildman–Crippen MR) is 92.0 cm³/mol. The molecule has 136 valence electrons. The van der Waals surface area contributed by atoms with Gasteiger partial charge in [-0.3, -0.25) is 14.9 Å². The van der Waals surface area contributed by atoms with Crippen molar-refractivity contribution in [3.8, 4) is 6.07 Å². The molecule has 0 unspecified atom stereocenters. The van der Waals surface area contributed by atoms with Gasteiger partial charge in [-0.05, 0) is 46.5 Å². The van der Waals surface area contributed by atoms with Gasteiger partial charge in [0, 0.05) is 0 Å². The number of esters is 1. The number of ether oxygens (including phenoxy) is 1. The van der Waals surface area contributed by atoms with Gasteiger partial charge in [0.2, 0.25) is 5.91 Å². The highest BCUT2D eigenvalue weighted by Gasteiger charge is 2.44. The van der Waals surface area contributed by atoms with E-state index >= 15 is 0 Å². The van der Waals surface area contributed by atoms with Gasteiger partial charge in [-0.25, -0.2) is 0 Å². The van der Waals surface area contributed by atoms with Crippen LogP contribution in [0.5, 0.6) is 0 Å². The number of carbonyl (C=O) groups excluding carboxylic acids is 2. The number of hydrogen-bond donors (Lipinski definition) is 2. The van der Waals surface area contributed by atoms with Crippen molar-refractivity contribution in [3.05, 3.63) is 0 Å². The molecule has 24 heavy (non-hydrogen) atoms. The van der Waals surface area contributed by atoms with Crippen molar-refractivity contribution in [1.29, 1.82) is 5.26 Å². The van der Waals surface area contributed by atoms with Crippen LogP contribution in [-0.4, -0.2) is 35.1 Å². The van der Waals surface area contributed by atoms with Crippen LogP contribution >= 0.6 is 0 Å². The largest absolute Gasteiger partial charge is 0.459 e. The molecule has 0 heterocycles. The molecule has 1 atom stereocenters. The Hall–Kier alpha value is -1.61. The topological polar surface area (TPSA) is 91.2 Å². The Morgan fingerprint density at radius 2 is 1.75 bits per heavy atom. The molecule has 6 heteroatoms. The second kappa shape index (κ2) is 7.52.